The molecule has 0 aliphatic carbocycles. The van der Waals surface area contributed by atoms with Gasteiger partial charge in [-0.2, -0.15) is 0 Å². The summed E-state index contributed by atoms with van der Waals surface area (Å²) in [6.45, 7) is 4.16. The van der Waals surface area contributed by atoms with Crippen molar-refractivity contribution < 1.29 is 42.1 Å². The third-order valence-electron chi connectivity index (χ3n) is 13.2. The Labute approximate surface area is 515 Å². The van der Waals surface area contributed by atoms with E-state index < -0.39 is 26.5 Å². The average Bonchev–Trinajstić information content (AvgIpc) is 3.61. The Bertz CT molecular complexity index is 2020. The summed E-state index contributed by atoms with van der Waals surface area (Å²) in [5, 5.41) is 0. The minimum Gasteiger partial charge on any atom is -0.462 e. The van der Waals surface area contributed by atoms with Gasteiger partial charge in [0.1, 0.15) is 19.8 Å². The van der Waals surface area contributed by atoms with E-state index in [1.807, 2.05) is 21.1 Å². The van der Waals surface area contributed by atoms with Crippen molar-refractivity contribution in [1.29, 1.82) is 0 Å². The number of allylic oxidation sites excluding steroid dienone is 28. The summed E-state index contributed by atoms with van der Waals surface area (Å²) < 4.78 is 34.6. The van der Waals surface area contributed by atoms with Crippen LogP contribution in [0.2, 0.25) is 0 Å². The topological polar surface area (TPSA) is 108 Å². The molecule has 0 aromatic rings. The lowest BCUT2D eigenvalue weighted by molar-refractivity contribution is -0.870. The predicted octanol–water partition coefficient (Wildman–Crippen LogP) is 21.4. The summed E-state index contributed by atoms with van der Waals surface area (Å²) >= 11 is 0. The summed E-state index contributed by atoms with van der Waals surface area (Å²) in [4.78, 5) is 35.8. The quantitative estimate of drug-likeness (QED) is 0.0211. The molecule has 0 heterocycles. The van der Waals surface area contributed by atoms with Crippen LogP contribution in [0.3, 0.4) is 0 Å². The number of phosphoric acid groups is 1. The van der Waals surface area contributed by atoms with Gasteiger partial charge < -0.3 is 18.9 Å². The van der Waals surface area contributed by atoms with Gasteiger partial charge in [-0.15, -0.1) is 0 Å². The first-order valence-corrected chi connectivity index (χ1v) is 34.4. The lowest BCUT2D eigenvalue weighted by atomic mass is 10.0. The number of unbranched alkanes of at least 4 members (excludes halogenated alkanes) is 16. The van der Waals surface area contributed by atoms with Crippen molar-refractivity contribution >= 4 is 19.8 Å². The number of esters is 2. The Morgan fingerprint density at radius 2 is 0.643 bits per heavy atom. The molecular weight excluding hydrogens is 1060 g/mol. The highest BCUT2D eigenvalue weighted by atomic mass is 31.2. The summed E-state index contributed by atoms with van der Waals surface area (Å²) in [6, 6.07) is 0. The molecule has 0 saturated carbocycles. The lowest BCUT2D eigenvalue weighted by Crippen LogP contribution is -2.37. The standard InChI is InChI=1S/C74H120NO8P/c1-6-8-10-12-14-16-18-20-22-24-26-28-30-32-33-34-35-36-37-38-39-40-41-43-45-47-49-51-53-55-57-59-61-63-65-67-74(77)83-72(71-82-84(78,79)81-69-68-75(3,4)5)70-80-73(76)66-64-62-60-58-56-54-52-50-48-46-44-42-31-29-27-25-23-21-19-17-15-13-11-9-7-2/h8-11,14-17,20-23,26-29,32-33,35-36,38-39,41,43,47,49,53,55,72H,6-7,12-13,18-19,24-25,30-31,34,37,40,42,44-46,48,50-52,54,56-71H2,1-5H3/p+1/b10-8-,11-9-,16-14-,17-15-,22-20-,23-21-,28-26-,29-27-,33-32-,36-35-,39-38-,43-41-,49-47-,55-53-. The molecule has 0 spiro atoms. The fourth-order valence-electron chi connectivity index (χ4n) is 8.27. The molecule has 9 nitrogen and oxygen atoms in total. The van der Waals surface area contributed by atoms with Crippen molar-refractivity contribution in [3.63, 3.8) is 0 Å². The maximum Gasteiger partial charge on any atom is 0.472 e. The molecule has 0 saturated heterocycles. The molecule has 2 unspecified atom stereocenters. The normalized spacial score (nSPS) is 14.3. The Morgan fingerprint density at radius 3 is 0.952 bits per heavy atom. The number of rotatable bonds is 58. The van der Waals surface area contributed by atoms with Gasteiger partial charge in [0, 0.05) is 12.8 Å². The van der Waals surface area contributed by atoms with Gasteiger partial charge in [-0.05, 0) is 128 Å². The zero-order valence-corrected chi connectivity index (χ0v) is 54.7. The Balaban J connectivity index is 4.22. The largest absolute Gasteiger partial charge is 0.472 e. The van der Waals surface area contributed by atoms with Crippen molar-refractivity contribution in [2.75, 3.05) is 47.5 Å². The van der Waals surface area contributed by atoms with Gasteiger partial charge in [0.2, 0.25) is 0 Å². The second-order valence-electron chi connectivity index (χ2n) is 22.4. The first kappa shape index (κ1) is 79.4. The second kappa shape index (κ2) is 62.9. The van der Waals surface area contributed by atoms with Crippen molar-refractivity contribution in [1.82, 2.24) is 0 Å². The van der Waals surface area contributed by atoms with E-state index in [1.165, 1.54) is 64.2 Å². The molecule has 0 aliphatic heterocycles. The van der Waals surface area contributed by atoms with Crippen molar-refractivity contribution in [3.8, 4) is 0 Å². The zero-order valence-electron chi connectivity index (χ0n) is 53.8. The molecule has 0 aromatic carbocycles. The molecule has 84 heavy (non-hydrogen) atoms. The van der Waals surface area contributed by atoms with Gasteiger partial charge >= 0.3 is 19.8 Å². The Hall–Kier alpha value is -4.63. The molecule has 0 amide bonds. The number of hydrogen-bond donors (Lipinski definition) is 1. The summed E-state index contributed by atoms with van der Waals surface area (Å²) in [6.07, 6.45) is 95.8. The highest BCUT2D eigenvalue weighted by molar-refractivity contribution is 7.47. The van der Waals surface area contributed by atoms with E-state index >= 15 is 0 Å². The van der Waals surface area contributed by atoms with Gasteiger partial charge in [-0.1, -0.05) is 261 Å². The smallest absolute Gasteiger partial charge is 0.462 e. The van der Waals surface area contributed by atoms with Crippen LogP contribution in [0.5, 0.6) is 0 Å². The number of carbonyl (C=O) groups excluding carboxylic acids is 2. The maximum absolute atomic E-state index is 12.9. The van der Waals surface area contributed by atoms with Crippen LogP contribution in [0, 0.1) is 0 Å². The molecule has 2 atom stereocenters. The third-order valence-corrected chi connectivity index (χ3v) is 14.2. The van der Waals surface area contributed by atoms with E-state index in [9.17, 15) is 19.0 Å². The SMILES string of the molecule is CC/C=C\C/C=C\C/C=C\C/C=C\C/C=C\C/C=C\C/C=C\C/C=C\C/C=C\C/C=C\CCCCCCC(=O)OC(COC(=O)CCCCCCCCCCCCCC/C=C\C/C=C\C/C=C\C/C=C\CC)COP(=O)(O)OCC[N+](C)(C)C. The van der Waals surface area contributed by atoms with Crippen molar-refractivity contribution in [3.05, 3.63) is 170 Å². The molecule has 10 heteroatoms. The Morgan fingerprint density at radius 1 is 0.369 bits per heavy atom. The number of likely N-dealkylation sites (N-methyl/N-ethyl adjacent to an activating group) is 1. The van der Waals surface area contributed by atoms with Crippen LogP contribution in [-0.2, 0) is 32.7 Å². The highest BCUT2D eigenvalue weighted by Crippen LogP contribution is 2.43. The van der Waals surface area contributed by atoms with Gasteiger partial charge in [0.05, 0.1) is 27.7 Å². The van der Waals surface area contributed by atoms with E-state index in [2.05, 4.69) is 184 Å². The van der Waals surface area contributed by atoms with E-state index in [0.717, 1.165) is 135 Å². The van der Waals surface area contributed by atoms with Crippen LogP contribution in [-0.4, -0.2) is 74.9 Å². The van der Waals surface area contributed by atoms with E-state index in [1.54, 1.807) is 0 Å². The van der Waals surface area contributed by atoms with Crippen LogP contribution in [0.4, 0.5) is 0 Å². The van der Waals surface area contributed by atoms with Crippen LogP contribution >= 0.6 is 7.82 Å². The van der Waals surface area contributed by atoms with Crippen LogP contribution in [0.15, 0.2) is 170 Å². The predicted molar refractivity (Wildman–Crippen MR) is 362 cm³/mol. The summed E-state index contributed by atoms with van der Waals surface area (Å²) in [5.41, 5.74) is 0. The van der Waals surface area contributed by atoms with Gasteiger partial charge in [0.25, 0.3) is 0 Å². The molecule has 0 aliphatic rings. The Kier molecular flexibility index (Phi) is 59.4. The average molecular weight is 1180 g/mol. The van der Waals surface area contributed by atoms with Crippen molar-refractivity contribution in [2.45, 2.75) is 238 Å². The molecule has 0 rings (SSSR count). The van der Waals surface area contributed by atoms with Crippen molar-refractivity contribution in [2.24, 2.45) is 0 Å². The van der Waals surface area contributed by atoms with Gasteiger partial charge in [-0.25, -0.2) is 4.57 Å². The molecule has 1 N–H and O–H groups in total. The number of hydrogen-bond acceptors (Lipinski definition) is 7. The van der Waals surface area contributed by atoms with Crippen LogP contribution in [0.1, 0.15) is 232 Å². The molecular formula is C74H121NO8P+. The maximum atomic E-state index is 12.9. The minimum atomic E-state index is -4.41. The van der Waals surface area contributed by atoms with E-state index in [0.29, 0.717) is 17.4 Å². The number of phosphoric ester groups is 1. The third kappa shape index (κ3) is 66.5. The van der Waals surface area contributed by atoms with E-state index in [-0.39, 0.29) is 32.0 Å². The minimum absolute atomic E-state index is 0.0166. The zero-order chi connectivity index (χ0) is 61.2. The molecule has 0 bridgehead atoms. The second-order valence-corrected chi connectivity index (χ2v) is 23.8. The van der Waals surface area contributed by atoms with Crippen LogP contribution < -0.4 is 0 Å². The van der Waals surface area contributed by atoms with E-state index in [4.69, 9.17) is 18.5 Å². The fourth-order valence-corrected chi connectivity index (χ4v) is 9.01. The molecule has 0 fully saturated rings. The number of carbonyl (C=O) groups is 2. The molecule has 0 aromatic heterocycles. The summed E-state index contributed by atoms with van der Waals surface area (Å²) in [5.74, 6) is -0.840. The van der Waals surface area contributed by atoms with Gasteiger partial charge in [0.15, 0.2) is 6.10 Å². The molecule has 0 radical (unpaired) electrons. The first-order chi connectivity index (χ1) is 41.0. The number of ether oxygens (including phenoxy) is 2. The highest BCUT2D eigenvalue weighted by Gasteiger charge is 2.27. The fraction of sp³-hybridized carbons (Fsp3) is 0.595. The molecule has 474 valence electrons. The monoisotopic (exact) mass is 1180 g/mol. The number of quaternary nitrogens is 1. The lowest BCUT2D eigenvalue weighted by Gasteiger charge is -2.24. The van der Waals surface area contributed by atoms with Gasteiger partial charge in [-0.3, -0.25) is 18.6 Å². The first-order valence-electron chi connectivity index (χ1n) is 32.9. The summed E-state index contributed by atoms with van der Waals surface area (Å²) in [7, 11) is 1.43. The van der Waals surface area contributed by atoms with Crippen LogP contribution in [0.25, 0.3) is 0 Å². The number of nitrogens with zero attached hydrogens (tertiary/aromatic N) is 1.